The third-order valence-electron chi connectivity index (χ3n) is 7.02. The lowest BCUT2D eigenvalue weighted by Crippen LogP contribution is -2.36. The van der Waals surface area contributed by atoms with E-state index in [0.717, 1.165) is 34.6 Å². The molecule has 0 rings (SSSR count). The summed E-state index contributed by atoms with van der Waals surface area (Å²) in [5.74, 6) is -3.49. The molecule has 0 heterocycles. The van der Waals surface area contributed by atoms with Gasteiger partial charge in [0.2, 0.25) is 0 Å². The number of hydrogen-bond donors (Lipinski definition) is 0. The Morgan fingerprint density at radius 2 is 0.800 bits per heavy atom. The molecule has 0 bridgehead atoms. The molecule has 40 heavy (non-hydrogen) atoms. The number of carboxylic acid groups (broad SMARTS) is 2. The smallest absolute Gasteiger partial charge is 0.0780 e. The number of carboxylic acids is 2. The minimum Gasteiger partial charge on any atom is -0.550 e. The van der Waals surface area contributed by atoms with Crippen molar-refractivity contribution >= 4 is 11.9 Å². The predicted octanol–water partition coefficient (Wildman–Crippen LogP) is 6.35. The van der Waals surface area contributed by atoms with Crippen molar-refractivity contribution in [2.75, 3.05) is 55.4 Å². The number of rotatable bonds is 24. The van der Waals surface area contributed by atoms with Crippen LogP contribution in [0.5, 0.6) is 0 Å². The van der Waals surface area contributed by atoms with E-state index in [2.05, 4.69) is 63.1 Å². The van der Waals surface area contributed by atoms with Crippen molar-refractivity contribution in [2.45, 2.75) is 149 Å². The lowest BCUT2D eigenvalue weighted by Gasteiger charge is -2.23. The summed E-state index contributed by atoms with van der Waals surface area (Å²) in [7, 11) is 13.6. The highest BCUT2D eigenvalue weighted by atomic mass is 16.4. The summed E-state index contributed by atoms with van der Waals surface area (Å²) in [6.07, 6.45) is 23.2. The average Bonchev–Trinajstić information content (AvgIpc) is 2.84. The van der Waals surface area contributed by atoms with Crippen LogP contribution >= 0.6 is 0 Å². The monoisotopic (exact) mass is 573 g/mol. The molecule has 0 aromatic carbocycles. The first-order valence-corrected chi connectivity index (χ1v) is 16.7. The van der Waals surface area contributed by atoms with Gasteiger partial charge in [0.05, 0.1) is 55.4 Å². The number of hydrogen-bond acceptors (Lipinski definition) is 4. The van der Waals surface area contributed by atoms with Crippen molar-refractivity contribution in [2.24, 2.45) is 5.92 Å². The molecule has 0 fully saturated rings. The molecule has 0 spiro atoms. The van der Waals surface area contributed by atoms with Crippen LogP contribution in [0.15, 0.2) is 0 Å². The van der Waals surface area contributed by atoms with Gasteiger partial charge in [-0.05, 0) is 38.5 Å². The molecule has 0 aromatic rings. The van der Waals surface area contributed by atoms with Gasteiger partial charge in [-0.1, -0.05) is 111 Å². The molecule has 1 unspecified atom stereocenters. The standard InChI is InChI=1S/C12H22O4.2C11H26N/c1-2-3-4-5-6-7-8-10(12(15)16)9-11(13)14;2*1-5-6-7-8-9-10-11-12(2,3)4/h10H,2-9H2,1H3,(H,13,14)(H,15,16);2*5-11H2,1-4H3/q;2*+1/p-2. The number of carbonyl (C=O) groups is 2. The van der Waals surface area contributed by atoms with Gasteiger partial charge >= 0.3 is 0 Å². The highest BCUT2D eigenvalue weighted by Crippen LogP contribution is 2.14. The van der Waals surface area contributed by atoms with E-state index in [1.54, 1.807) is 0 Å². The van der Waals surface area contributed by atoms with E-state index >= 15 is 0 Å². The van der Waals surface area contributed by atoms with Gasteiger partial charge in [0.1, 0.15) is 0 Å². The Morgan fingerprint density at radius 3 is 1.07 bits per heavy atom. The van der Waals surface area contributed by atoms with Crippen molar-refractivity contribution in [1.82, 2.24) is 0 Å². The van der Waals surface area contributed by atoms with Gasteiger partial charge in [-0.2, -0.15) is 0 Å². The molecule has 0 aliphatic carbocycles. The van der Waals surface area contributed by atoms with Gasteiger partial charge < -0.3 is 28.8 Å². The van der Waals surface area contributed by atoms with E-state index < -0.39 is 24.3 Å². The first-order chi connectivity index (χ1) is 18.7. The maximum Gasteiger partial charge on any atom is 0.0780 e. The topological polar surface area (TPSA) is 80.3 Å². The quantitative estimate of drug-likeness (QED) is 0.0997. The predicted molar refractivity (Wildman–Crippen MR) is 169 cm³/mol. The normalized spacial score (nSPS) is 12.1. The molecule has 1 atom stereocenters. The molecule has 0 aromatic heterocycles. The van der Waals surface area contributed by atoms with E-state index in [4.69, 9.17) is 0 Å². The van der Waals surface area contributed by atoms with Crippen molar-refractivity contribution in [3.8, 4) is 0 Å². The van der Waals surface area contributed by atoms with E-state index in [0.29, 0.717) is 6.42 Å². The fraction of sp³-hybridized carbons (Fsp3) is 0.941. The number of unbranched alkanes of at least 4 members (excludes halogenated alkanes) is 15. The highest BCUT2D eigenvalue weighted by Gasteiger charge is 2.10. The van der Waals surface area contributed by atoms with E-state index in [-0.39, 0.29) is 0 Å². The molecule has 0 aliphatic rings. The first-order valence-electron chi connectivity index (χ1n) is 16.7. The van der Waals surface area contributed by atoms with E-state index in [1.807, 2.05) is 0 Å². The zero-order chi connectivity index (χ0) is 31.3. The van der Waals surface area contributed by atoms with Crippen LogP contribution in [0, 0.1) is 5.92 Å². The van der Waals surface area contributed by atoms with Crippen LogP contribution in [-0.4, -0.2) is 76.3 Å². The van der Waals surface area contributed by atoms with Gasteiger partial charge in [0, 0.05) is 17.9 Å². The van der Waals surface area contributed by atoms with Crippen LogP contribution in [0.4, 0.5) is 0 Å². The molecule has 242 valence electrons. The third kappa shape index (κ3) is 43.9. The molecule has 0 saturated heterocycles. The second-order valence-electron chi connectivity index (χ2n) is 13.7. The molecule has 0 amide bonds. The summed E-state index contributed by atoms with van der Waals surface area (Å²) >= 11 is 0. The maximum atomic E-state index is 10.6. The zero-order valence-corrected chi connectivity index (χ0v) is 28.7. The van der Waals surface area contributed by atoms with Gasteiger partial charge in [-0.3, -0.25) is 0 Å². The molecule has 6 nitrogen and oxygen atoms in total. The van der Waals surface area contributed by atoms with Gasteiger partial charge in [0.15, 0.2) is 0 Å². The maximum absolute atomic E-state index is 10.6. The van der Waals surface area contributed by atoms with Gasteiger partial charge in [0.25, 0.3) is 0 Å². The summed E-state index contributed by atoms with van der Waals surface area (Å²) in [6.45, 7) is 9.32. The zero-order valence-electron chi connectivity index (χ0n) is 28.7. The molecular formula is C34H72N2O4. The first kappa shape index (κ1) is 43.3. The van der Waals surface area contributed by atoms with Gasteiger partial charge in [-0.25, -0.2) is 0 Å². The Labute approximate surface area is 251 Å². The molecule has 0 radical (unpaired) electrons. The summed E-state index contributed by atoms with van der Waals surface area (Å²) in [5.41, 5.74) is 0. The lowest BCUT2D eigenvalue weighted by atomic mass is 9.97. The van der Waals surface area contributed by atoms with Crippen LogP contribution in [0.2, 0.25) is 0 Å². The van der Waals surface area contributed by atoms with Crippen LogP contribution in [-0.2, 0) is 9.59 Å². The summed E-state index contributed by atoms with van der Waals surface area (Å²) < 4.78 is 2.24. The molecule has 0 aliphatic heterocycles. The largest absolute Gasteiger partial charge is 0.550 e. The fourth-order valence-corrected chi connectivity index (χ4v) is 4.41. The Balaban J connectivity index is -0.000000522. The molecule has 0 N–H and O–H groups in total. The second kappa shape index (κ2) is 29.4. The number of quaternary nitrogens is 2. The van der Waals surface area contributed by atoms with Crippen molar-refractivity contribution in [3.63, 3.8) is 0 Å². The summed E-state index contributed by atoms with van der Waals surface area (Å²) in [6, 6.07) is 0. The molecular weight excluding hydrogens is 500 g/mol. The SMILES string of the molecule is CCCCCCCCC(CC(=O)[O-])C(=O)[O-].CCCCCCCC[N+](C)(C)C.CCCCCCCC[N+](C)(C)C. The highest BCUT2D eigenvalue weighted by molar-refractivity contribution is 5.75. The van der Waals surface area contributed by atoms with Crippen molar-refractivity contribution < 1.29 is 28.8 Å². The van der Waals surface area contributed by atoms with Crippen LogP contribution in [0.1, 0.15) is 149 Å². The number of nitrogens with zero attached hydrogens (tertiary/aromatic N) is 2. The number of aliphatic carboxylic acids is 2. The van der Waals surface area contributed by atoms with E-state index in [1.165, 1.54) is 103 Å². The van der Waals surface area contributed by atoms with Crippen LogP contribution < -0.4 is 10.2 Å². The third-order valence-corrected chi connectivity index (χ3v) is 7.02. The Kier molecular flexibility index (Phi) is 31.8. The van der Waals surface area contributed by atoms with E-state index in [9.17, 15) is 19.8 Å². The van der Waals surface area contributed by atoms with Crippen LogP contribution in [0.3, 0.4) is 0 Å². The Hall–Kier alpha value is -1.14. The molecule has 0 saturated carbocycles. The van der Waals surface area contributed by atoms with Crippen molar-refractivity contribution in [3.05, 3.63) is 0 Å². The fourth-order valence-electron chi connectivity index (χ4n) is 4.41. The Bertz CT molecular complexity index is 527. The number of carbonyl (C=O) groups excluding carboxylic acids is 2. The summed E-state index contributed by atoms with van der Waals surface area (Å²) in [5, 5.41) is 20.9. The average molecular weight is 573 g/mol. The lowest BCUT2D eigenvalue weighted by molar-refractivity contribution is -0.870. The van der Waals surface area contributed by atoms with Gasteiger partial charge in [-0.15, -0.1) is 0 Å². The summed E-state index contributed by atoms with van der Waals surface area (Å²) in [4.78, 5) is 20.9. The second-order valence-corrected chi connectivity index (χ2v) is 13.7. The van der Waals surface area contributed by atoms with Crippen molar-refractivity contribution in [1.29, 1.82) is 0 Å². The minimum absolute atomic E-state index is 0.377. The molecule has 6 heteroatoms. The minimum atomic E-state index is -1.32. The Morgan fingerprint density at radius 1 is 0.500 bits per heavy atom. The van der Waals surface area contributed by atoms with Crippen LogP contribution in [0.25, 0.3) is 0 Å².